The molecule has 0 aliphatic heterocycles. The number of carbonyl (C=O) groups excluding carboxylic acids is 1. The number of hydrogen-bond donors (Lipinski definition) is 1. The SMILES string of the molecule is O=C(O)C1=Cc2ccccc2CCC1=O. The third-order valence-corrected chi connectivity index (χ3v) is 2.51. The number of carboxylic acid groups (broad SMARTS) is 1. The van der Waals surface area contributed by atoms with Gasteiger partial charge in [0.15, 0.2) is 5.78 Å². The Hall–Kier alpha value is -1.90. The van der Waals surface area contributed by atoms with Crippen LogP contribution in [0.15, 0.2) is 29.8 Å². The van der Waals surface area contributed by atoms with Crippen LogP contribution in [0.3, 0.4) is 0 Å². The maximum absolute atomic E-state index is 11.5. The Balaban J connectivity index is 2.53. The summed E-state index contributed by atoms with van der Waals surface area (Å²) in [5, 5.41) is 8.87. The molecule has 3 heteroatoms. The summed E-state index contributed by atoms with van der Waals surface area (Å²) >= 11 is 0. The molecule has 1 aliphatic carbocycles. The third kappa shape index (κ3) is 1.81. The lowest BCUT2D eigenvalue weighted by molar-refractivity contribution is -0.134. The molecule has 0 heterocycles. The molecule has 0 aromatic heterocycles. The zero-order valence-electron chi connectivity index (χ0n) is 8.06. The smallest absolute Gasteiger partial charge is 0.339 e. The minimum absolute atomic E-state index is 0.111. The zero-order chi connectivity index (χ0) is 10.8. The van der Waals surface area contributed by atoms with Gasteiger partial charge in [0.05, 0.1) is 0 Å². The summed E-state index contributed by atoms with van der Waals surface area (Å²) in [5.74, 6) is -1.43. The van der Waals surface area contributed by atoms with E-state index in [9.17, 15) is 9.59 Å². The van der Waals surface area contributed by atoms with Crippen LogP contribution in [0, 0.1) is 0 Å². The fourth-order valence-corrected chi connectivity index (χ4v) is 1.70. The lowest BCUT2D eigenvalue weighted by atomic mass is 10.1. The van der Waals surface area contributed by atoms with Crippen LogP contribution in [0.5, 0.6) is 0 Å². The van der Waals surface area contributed by atoms with Crippen molar-refractivity contribution in [3.63, 3.8) is 0 Å². The number of carbonyl (C=O) groups is 2. The highest BCUT2D eigenvalue weighted by molar-refractivity contribution is 6.20. The first-order valence-corrected chi connectivity index (χ1v) is 4.74. The molecule has 76 valence electrons. The van der Waals surface area contributed by atoms with Crippen LogP contribution in [-0.2, 0) is 16.0 Å². The monoisotopic (exact) mass is 202 g/mol. The van der Waals surface area contributed by atoms with Crippen molar-refractivity contribution >= 4 is 17.8 Å². The highest BCUT2D eigenvalue weighted by Crippen LogP contribution is 2.20. The van der Waals surface area contributed by atoms with Gasteiger partial charge in [-0.15, -0.1) is 0 Å². The highest BCUT2D eigenvalue weighted by Gasteiger charge is 2.20. The van der Waals surface area contributed by atoms with Crippen LogP contribution in [0.25, 0.3) is 6.08 Å². The van der Waals surface area contributed by atoms with Gasteiger partial charge in [-0.05, 0) is 23.6 Å². The second-order valence-electron chi connectivity index (χ2n) is 3.49. The Morgan fingerprint density at radius 3 is 2.67 bits per heavy atom. The van der Waals surface area contributed by atoms with Crippen LogP contribution < -0.4 is 0 Å². The predicted octanol–water partition coefficient (Wildman–Crippen LogP) is 1.67. The number of fused-ring (bicyclic) bond motifs is 1. The van der Waals surface area contributed by atoms with Gasteiger partial charge in [0.1, 0.15) is 5.57 Å². The summed E-state index contributed by atoms with van der Waals surface area (Å²) in [4.78, 5) is 22.3. The van der Waals surface area contributed by atoms with Gasteiger partial charge < -0.3 is 5.11 Å². The number of carboxylic acids is 1. The summed E-state index contributed by atoms with van der Waals surface area (Å²) in [6.07, 6.45) is 2.35. The molecule has 0 bridgehead atoms. The van der Waals surface area contributed by atoms with Crippen molar-refractivity contribution < 1.29 is 14.7 Å². The zero-order valence-corrected chi connectivity index (χ0v) is 8.06. The molecule has 1 aliphatic rings. The molecule has 3 nitrogen and oxygen atoms in total. The molecule has 0 fully saturated rings. The first-order valence-electron chi connectivity index (χ1n) is 4.74. The summed E-state index contributed by atoms with van der Waals surface area (Å²) in [6, 6.07) is 7.48. The van der Waals surface area contributed by atoms with E-state index in [2.05, 4.69) is 0 Å². The Bertz CT molecular complexity index is 458. The lowest BCUT2D eigenvalue weighted by Crippen LogP contribution is -2.10. The van der Waals surface area contributed by atoms with Gasteiger partial charge in [0, 0.05) is 6.42 Å². The van der Waals surface area contributed by atoms with Crippen LogP contribution in [0.2, 0.25) is 0 Å². The first kappa shape index (κ1) is 9.65. The second kappa shape index (κ2) is 3.69. The summed E-state index contributed by atoms with van der Waals surface area (Å²) in [6.45, 7) is 0. The molecule has 0 atom stereocenters. The van der Waals surface area contributed by atoms with E-state index in [1.54, 1.807) is 0 Å². The van der Waals surface area contributed by atoms with Crippen LogP contribution in [0.1, 0.15) is 17.5 Å². The molecule has 0 saturated heterocycles. The van der Waals surface area contributed by atoms with Crippen LogP contribution in [-0.4, -0.2) is 16.9 Å². The molecule has 1 aromatic rings. The molecule has 15 heavy (non-hydrogen) atoms. The summed E-state index contributed by atoms with van der Waals surface area (Å²) in [5.41, 5.74) is 1.75. The second-order valence-corrected chi connectivity index (χ2v) is 3.49. The quantitative estimate of drug-likeness (QED) is 0.705. The highest BCUT2D eigenvalue weighted by atomic mass is 16.4. The summed E-state index contributed by atoms with van der Waals surface area (Å²) < 4.78 is 0. The fraction of sp³-hybridized carbons (Fsp3) is 0.167. The lowest BCUT2D eigenvalue weighted by Gasteiger charge is -2.00. The van der Waals surface area contributed by atoms with Gasteiger partial charge in [0.25, 0.3) is 0 Å². The Kier molecular flexibility index (Phi) is 2.37. The van der Waals surface area contributed by atoms with E-state index in [-0.39, 0.29) is 17.8 Å². The van der Waals surface area contributed by atoms with Gasteiger partial charge >= 0.3 is 5.97 Å². The van der Waals surface area contributed by atoms with Crippen molar-refractivity contribution in [1.29, 1.82) is 0 Å². The van der Waals surface area contributed by atoms with Crippen molar-refractivity contribution in [3.05, 3.63) is 41.0 Å². The number of Topliss-reactive ketones (excluding diaryl/α,β-unsaturated/α-hetero) is 1. The van der Waals surface area contributed by atoms with E-state index < -0.39 is 5.97 Å². The Labute approximate surface area is 87.0 Å². The largest absolute Gasteiger partial charge is 0.478 e. The summed E-state index contributed by atoms with van der Waals surface area (Å²) in [7, 11) is 0. The van der Waals surface area contributed by atoms with Crippen molar-refractivity contribution in [2.24, 2.45) is 0 Å². The van der Waals surface area contributed by atoms with Crippen LogP contribution >= 0.6 is 0 Å². The van der Waals surface area contributed by atoms with Gasteiger partial charge in [-0.2, -0.15) is 0 Å². The molecule has 1 N–H and O–H groups in total. The van der Waals surface area contributed by atoms with E-state index in [0.717, 1.165) is 11.1 Å². The van der Waals surface area contributed by atoms with Crippen molar-refractivity contribution in [3.8, 4) is 0 Å². The van der Waals surface area contributed by atoms with Crippen molar-refractivity contribution in [2.45, 2.75) is 12.8 Å². The average Bonchev–Trinajstić information content (AvgIpc) is 2.39. The number of rotatable bonds is 1. The molecule has 2 rings (SSSR count). The van der Waals surface area contributed by atoms with E-state index in [4.69, 9.17) is 5.11 Å². The topological polar surface area (TPSA) is 54.4 Å². The molecular formula is C12H10O3. The first-order chi connectivity index (χ1) is 7.18. The van der Waals surface area contributed by atoms with Crippen LogP contribution in [0.4, 0.5) is 0 Å². The van der Waals surface area contributed by atoms with Gasteiger partial charge in [-0.1, -0.05) is 24.3 Å². The van der Waals surface area contributed by atoms with E-state index in [0.29, 0.717) is 6.42 Å². The number of aliphatic carboxylic acids is 1. The maximum atomic E-state index is 11.5. The maximum Gasteiger partial charge on any atom is 0.339 e. The normalized spacial score (nSPS) is 15.2. The molecule has 1 aromatic carbocycles. The van der Waals surface area contributed by atoms with Gasteiger partial charge in [0.2, 0.25) is 0 Å². The molecular weight excluding hydrogens is 192 g/mol. The minimum Gasteiger partial charge on any atom is -0.478 e. The van der Waals surface area contributed by atoms with E-state index >= 15 is 0 Å². The Morgan fingerprint density at radius 2 is 1.93 bits per heavy atom. The van der Waals surface area contributed by atoms with Gasteiger partial charge in [-0.25, -0.2) is 4.79 Å². The molecule has 0 amide bonds. The fourth-order valence-electron chi connectivity index (χ4n) is 1.70. The molecule has 0 radical (unpaired) electrons. The van der Waals surface area contributed by atoms with Gasteiger partial charge in [-0.3, -0.25) is 4.79 Å². The number of hydrogen-bond acceptors (Lipinski definition) is 2. The van der Waals surface area contributed by atoms with E-state index in [1.807, 2.05) is 24.3 Å². The van der Waals surface area contributed by atoms with Crippen molar-refractivity contribution in [1.82, 2.24) is 0 Å². The number of aryl methyl sites for hydroxylation is 1. The average molecular weight is 202 g/mol. The minimum atomic E-state index is -1.14. The number of benzene rings is 1. The molecule has 0 spiro atoms. The van der Waals surface area contributed by atoms with Crippen molar-refractivity contribution in [2.75, 3.05) is 0 Å². The Morgan fingerprint density at radius 1 is 1.20 bits per heavy atom. The molecule has 0 unspecified atom stereocenters. The standard InChI is InChI=1S/C12H10O3/c13-11-6-5-8-3-1-2-4-9(8)7-10(11)12(14)15/h1-4,7H,5-6H2,(H,14,15). The van der Waals surface area contributed by atoms with E-state index in [1.165, 1.54) is 6.08 Å². The molecule has 0 saturated carbocycles. The predicted molar refractivity (Wildman–Crippen MR) is 55.4 cm³/mol. The third-order valence-electron chi connectivity index (χ3n) is 2.51. The number of ketones is 1.